The summed E-state index contributed by atoms with van der Waals surface area (Å²) in [6.07, 6.45) is 3.14. The van der Waals surface area contributed by atoms with Crippen LogP contribution < -0.4 is 20.1 Å². The molecule has 2 N–H and O–H groups in total. The number of nitrogens with one attached hydrogen (secondary N) is 2. The summed E-state index contributed by atoms with van der Waals surface area (Å²) in [6.45, 7) is 3.51. The van der Waals surface area contributed by atoms with Crippen molar-refractivity contribution in [2.45, 2.75) is 19.4 Å². The van der Waals surface area contributed by atoms with Gasteiger partial charge < -0.3 is 20.1 Å². The number of ether oxygens (including phenoxy) is 2. The zero-order valence-corrected chi connectivity index (χ0v) is 13.3. The van der Waals surface area contributed by atoms with Crippen molar-refractivity contribution >= 4 is 23.4 Å². The summed E-state index contributed by atoms with van der Waals surface area (Å²) in [4.78, 5) is 11.9. The van der Waals surface area contributed by atoms with Gasteiger partial charge in [0.2, 0.25) is 5.91 Å². The fourth-order valence-corrected chi connectivity index (χ4v) is 2.58. The first-order valence-corrected chi connectivity index (χ1v) is 8.50. The number of fused-ring (bicyclic) bond motifs is 1. The molecule has 6 heteroatoms. The molecule has 116 valence electrons. The summed E-state index contributed by atoms with van der Waals surface area (Å²) in [7, 11) is 0. The van der Waals surface area contributed by atoms with Crippen molar-refractivity contribution in [3.63, 3.8) is 0 Å². The van der Waals surface area contributed by atoms with Crippen molar-refractivity contribution in [1.29, 1.82) is 0 Å². The lowest BCUT2D eigenvalue weighted by Crippen LogP contribution is -2.34. The zero-order valence-electron chi connectivity index (χ0n) is 12.5. The molecule has 0 fully saturated rings. The van der Waals surface area contributed by atoms with Crippen LogP contribution in [0.3, 0.4) is 0 Å². The number of thioether (sulfide) groups is 1. The number of carbonyl (C=O) groups excluding carboxylic acids is 1. The first-order chi connectivity index (χ1) is 10.2. The Balaban J connectivity index is 1.80. The number of amides is 1. The largest absolute Gasteiger partial charge is 0.486 e. The Morgan fingerprint density at radius 1 is 1.33 bits per heavy atom. The fourth-order valence-electron chi connectivity index (χ4n) is 1.99. The van der Waals surface area contributed by atoms with E-state index in [1.54, 1.807) is 6.07 Å². The van der Waals surface area contributed by atoms with Crippen LogP contribution in [0.4, 0.5) is 5.69 Å². The molecule has 21 heavy (non-hydrogen) atoms. The third-order valence-corrected chi connectivity index (χ3v) is 3.84. The molecule has 1 aromatic carbocycles. The van der Waals surface area contributed by atoms with Crippen molar-refractivity contribution < 1.29 is 14.3 Å². The molecule has 1 amide bonds. The maximum atomic E-state index is 11.9. The summed E-state index contributed by atoms with van der Waals surface area (Å²) < 4.78 is 10.9. The Kier molecular flexibility index (Phi) is 6.20. The molecule has 0 radical (unpaired) electrons. The van der Waals surface area contributed by atoms with Gasteiger partial charge in [0.25, 0.3) is 0 Å². The minimum Gasteiger partial charge on any atom is -0.486 e. The molecular weight excluding hydrogens is 288 g/mol. The number of hydrogen-bond acceptors (Lipinski definition) is 5. The van der Waals surface area contributed by atoms with E-state index in [1.807, 2.05) is 23.9 Å². The maximum Gasteiger partial charge on any atom is 0.238 e. The van der Waals surface area contributed by atoms with Crippen LogP contribution in [-0.2, 0) is 4.79 Å². The molecule has 0 saturated carbocycles. The predicted molar refractivity (Wildman–Crippen MR) is 86.5 cm³/mol. The van der Waals surface area contributed by atoms with Gasteiger partial charge in [-0.2, -0.15) is 11.8 Å². The van der Waals surface area contributed by atoms with Crippen molar-refractivity contribution in [3.05, 3.63) is 18.2 Å². The van der Waals surface area contributed by atoms with Gasteiger partial charge in [0, 0.05) is 17.8 Å². The van der Waals surface area contributed by atoms with Gasteiger partial charge in [-0.1, -0.05) is 0 Å². The van der Waals surface area contributed by atoms with Crippen molar-refractivity contribution in [2.75, 3.05) is 37.1 Å². The molecule has 0 aromatic heterocycles. The van der Waals surface area contributed by atoms with Crippen LogP contribution in [0, 0.1) is 0 Å². The van der Waals surface area contributed by atoms with Crippen LogP contribution in [0.5, 0.6) is 11.5 Å². The lowest BCUT2D eigenvalue weighted by Gasteiger charge is -2.19. The minimum absolute atomic E-state index is 0.0531. The van der Waals surface area contributed by atoms with E-state index in [1.165, 1.54) is 0 Å². The van der Waals surface area contributed by atoms with Crippen LogP contribution in [0.25, 0.3) is 0 Å². The monoisotopic (exact) mass is 310 g/mol. The number of benzene rings is 1. The van der Waals surface area contributed by atoms with Crippen LogP contribution in [-0.4, -0.2) is 43.7 Å². The number of carbonyl (C=O) groups is 1. The Morgan fingerprint density at radius 2 is 2.10 bits per heavy atom. The molecule has 0 aliphatic carbocycles. The van der Waals surface area contributed by atoms with E-state index in [2.05, 4.69) is 23.8 Å². The van der Waals surface area contributed by atoms with Crippen LogP contribution >= 0.6 is 11.8 Å². The Hall–Kier alpha value is -1.40. The van der Waals surface area contributed by atoms with Crippen LogP contribution in [0.15, 0.2) is 18.2 Å². The zero-order chi connectivity index (χ0) is 15.1. The molecule has 1 aliphatic rings. The average Bonchev–Trinajstić information content (AvgIpc) is 2.50. The molecule has 1 aliphatic heterocycles. The van der Waals surface area contributed by atoms with Gasteiger partial charge in [0.1, 0.15) is 13.2 Å². The highest BCUT2D eigenvalue weighted by molar-refractivity contribution is 7.98. The average molecular weight is 310 g/mol. The van der Waals surface area contributed by atoms with Gasteiger partial charge in [-0.05, 0) is 37.5 Å². The summed E-state index contributed by atoms with van der Waals surface area (Å²) in [5.41, 5.74) is 0.725. The van der Waals surface area contributed by atoms with Gasteiger partial charge in [-0.25, -0.2) is 0 Å². The first kappa shape index (κ1) is 16.0. The SMILES string of the molecule is CSCCC(C)NCC(=O)Nc1ccc2c(c1)OCCO2. The quantitative estimate of drug-likeness (QED) is 0.808. The second-order valence-electron chi connectivity index (χ2n) is 4.97. The highest BCUT2D eigenvalue weighted by Gasteiger charge is 2.13. The molecule has 2 rings (SSSR count). The topological polar surface area (TPSA) is 59.6 Å². The van der Waals surface area contributed by atoms with E-state index in [-0.39, 0.29) is 5.91 Å². The molecule has 0 bridgehead atoms. The molecule has 1 heterocycles. The second kappa shape index (κ2) is 8.14. The van der Waals surface area contributed by atoms with Gasteiger partial charge in [0.15, 0.2) is 11.5 Å². The highest BCUT2D eigenvalue weighted by Crippen LogP contribution is 2.32. The fraction of sp³-hybridized carbons (Fsp3) is 0.533. The van der Waals surface area contributed by atoms with E-state index in [4.69, 9.17) is 9.47 Å². The van der Waals surface area contributed by atoms with E-state index in [9.17, 15) is 4.79 Å². The third-order valence-electron chi connectivity index (χ3n) is 3.19. The Bertz CT molecular complexity index is 482. The van der Waals surface area contributed by atoms with Gasteiger partial charge >= 0.3 is 0 Å². The Labute approximate surface area is 129 Å². The summed E-state index contributed by atoms with van der Waals surface area (Å²) in [5, 5.41) is 6.08. The number of anilines is 1. The highest BCUT2D eigenvalue weighted by atomic mass is 32.2. The van der Waals surface area contributed by atoms with Crippen molar-refractivity contribution in [1.82, 2.24) is 5.32 Å². The smallest absolute Gasteiger partial charge is 0.238 e. The van der Waals surface area contributed by atoms with E-state index < -0.39 is 0 Å². The summed E-state index contributed by atoms with van der Waals surface area (Å²) in [6, 6.07) is 5.77. The summed E-state index contributed by atoms with van der Waals surface area (Å²) in [5.74, 6) is 2.45. The van der Waals surface area contributed by atoms with Gasteiger partial charge in [-0.3, -0.25) is 4.79 Å². The van der Waals surface area contributed by atoms with Crippen LogP contribution in [0.1, 0.15) is 13.3 Å². The van der Waals surface area contributed by atoms with E-state index >= 15 is 0 Å². The standard InChI is InChI=1S/C15H22N2O3S/c1-11(5-8-21-2)16-10-15(18)17-12-3-4-13-14(9-12)20-7-6-19-13/h3-4,9,11,16H,5-8,10H2,1-2H3,(H,17,18). The molecule has 1 aromatic rings. The molecule has 1 unspecified atom stereocenters. The van der Waals surface area contributed by atoms with E-state index in [0.29, 0.717) is 31.5 Å². The molecule has 0 spiro atoms. The minimum atomic E-state index is -0.0531. The normalized spacial score (nSPS) is 14.6. The third kappa shape index (κ3) is 5.13. The number of rotatable bonds is 7. The molecule has 5 nitrogen and oxygen atoms in total. The lowest BCUT2D eigenvalue weighted by molar-refractivity contribution is -0.115. The van der Waals surface area contributed by atoms with E-state index in [0.717, 1.165) is 23.6 Å². The second-order valence-corrected chi connectivity index (χ2v) is 5.96. The van der Waals surface area contributed by atoms with Crippen molar-refractivity contribution in [2.24, 2.45) is 0 Å². The van der Waals surface area contributed by atoms with Crippen LogP contribution in [0.2, 0.25) is 0 Å². The van der Waals surface area contributed by atoms with Gasteiger partial charge in [0.05, 0.1) is 6.54 Å². The van der Waals surface area contributed by atoms with Gasteiger partial charge in [-0.15, -0.1) is 0 Å². The lowest BCUT2D eigenvalue weighted by atomic mass is 10.2. The molecule has 0 saturated heterocycles. The summed E-state index contributed by atoms with van der Waals surface area (Å²) >= 11 is 1.81. The maximum absolute atomic E-state index is 11.9. The first-order valence-electron chi connectivity index (χ1n) is 7.11. The number of hydrogen-bond donors (Lipinski definition) is 2. The predicted octanol–water partition coefficient (Wildman–Crippen LogP) is 2.13. The van der Waals surface area contributed by atoms with Crippen molar-refractivity contribution in [3.8, 4) is 11.5 Å². The molecule has 1 atom stereocenters. The Morgan fingerprint density at radius 3 is 2.86 bits per heavy atom. The molecular formula is C15H22N2O3S.